The molecule has 1 heterocycles. The predicted octanol–water partition coefficient (Wildman–Crippen LogP) is -3.29. The molecule has 1 rings (SSSR count). The van der Waals surface area contributed by atoms with Crippen molar-refractivity contribution in [2.45, 2.75) is 0 Å². The Balaban J connectivity index is 0.000000310. The van der Waals surface area contributed by atoms with Gasteiger partial charge < -0.3 is 25.1 Å². The van der Waals surface area contributed by atoms with Gasteiger partial charge in [0, 0.05) is 17.9 Å². The smallest absolute Gasteiger partial charge is 0.423 e. The Hall–Kier alpha value is -0.920. The minimum atomic E-state index is -2.17. The summed E-state index contributed by atoms with van der Waals surface area (Å²) in [5.41, 5.74) is 0.414. The molecule has 13 heavy (non-hydrogen) atoms. The van der Waals surface area contributed by atoms with Crippen LogP contribution in [-0.4, -0.2) is 44.5 Å². The van der Waals surface area contributed by atoms with Gasteiger partial charge in [-0.1, -0.05) is 6.07 Å². The molecular weight excluding hydrogens is 176 g/mol. The van der Waals surface area contributed by atoms with Gasteiger partial charge in [-0.2, -0.15) is 0 Å². The number of hydrogen-bond donors (Lipinski definition) is 5. The summed E-state index contributed by atoms with van der Waals surface area (Å²) in [5.74, 6) is 0. The lowest BCUT2D eigenvalue weighted by Crippen LogP contribution is -2.29. The standard InChI is InChI=1S/C5H6BNO2.BH3O3/c8-6(9)5-2-1-3-7-4-5;2-1(3)4/h1-4,8-9H;2-4H. The van der Waals surface area contributed by atoms with Crippen LogP contribution in [0.3, 0.4) is 0 Å². The zero-order chi connectivity index (χ0) is 10.3. The Morgan fingerprint density at radius 2 is 1.62 bits per heavy atom. The molecule has 1 aromatic rings. The van der Waals surface area contributed by atoms with Crippen LogP contribution in [0.1, 0.15) is 0 Å². The highest BCUT2D eigenvalue weighted by atomic mass is 16.5. The lowest BCUT2D eigenvalue weighted by molar-refractivity contribution is 0.278. The minimum Gasteiger partial charge on any atom is -0.423 e. The van der Waals surface area contributed by atoms with E-state index in [-0.39, 0.29) is 0 Å². The molecule has 0 radical (unpaired) electrons. The average Bonchev–Trinajstić information content (AvgIpc) is 2.05. The van der Waals surface area contributed by atoms with Crippen LogP contribution >= 0.6 is 0 Å². The van der Waals surface area contributed by atoms with Gasteiger partial charge in [0.15, 0.2) is 0 Å². The molecule has 0 aromatic carbocycles. The molecule has 0 amide bonds. The van der Waals surface area contributed by atoms with E-state index >= 15 is 0 Å². The first-order chi connectivity index (χ1) is 6.04. The molecule has 5 N–H and O–H groups in total. The van der Waals surface area contributed by atoms with Crippen LogP contribution in [0.5, 0.6) is 0 Å². The fourth-order valence-electron chi connectivity index (χ4n) is 0.529. The molecular formula is C5H9B2NO5. The third kappa shape index (κ3) is 7.44. The molecule has 1 aromatic heterocycles. The lowest BCUT2D eigenvalue weighted by Gasteiger charge is -1.93. The number of nitrogens with zero attached hydrogens (tertiary/aromatic N) is 1. The number of rotatable bonds is 1. The zero-order valence-corrected chi connectivity index (χ0v) is 6.65. The fourth-order valence-corrected chi connectivity index (χ4v) is 0.529. The number of hydrogen-bond acceptors (Lipinski definition) is 6. The Morgan fingerprint density at radius 3 is 1.85 bits per heavy atom. The Morgan fingerprint density at radius 1 is 1.08 bits per heavy atom. The summed E-state index contributed by atoms with van der Waals surface area (Å²) in [6.07, 6.45) is 2.98. The maximum Gasteiger partial charge on any atom is 0.631 e. The molecule has 0 fully saturated rings. The summed E-state index contributed by atoms with van der Waals surface area (Å²) in [7, 11) is -3.57. The Bertz CT molecular complexity index is 217. The summed E-state index contributed by atoms with van der Waals surface area (Å²) < 4.78 is 0. The zero-order valence-electron chi connectivity index (χ0n) is 6.65. The largest absolute Gasteiger partial charge is 0.631 e. The molecule has 70 valence electrons. The maximum absolute atomic E-state index is 8.54. The van der Waals surface area contributed by atoms with E-state index in [0.717, 1.165) is 0 Å². The van der Waals surface area contributed by atoms with Crippen molar-refractivity contribution in [3.05, 3.63) is 24.5 Å². The first kappa shape index (κ1) is 12.1. The van der Waals surface area contributed by atoms with Gasteiger partial charge in [-0.25, -0.2) is 0 Å². The Labute approximate surface area is 75.4 Å². The van der Waals surface area contributed by atoms with Crippen LogP contribution in [0.15, 0.2) is 24.5 Å². The van der Waals surface area contributed by atoms with Crippen molar-refractivity contribution in [2.24, 2.45) is 0 Å². The molecule has 6 nitrogen and oxygen atoms in total. The van der Waals surface area contributed by atoms with Crippen molar-refractivity contribution in [1.82, 2.24) is 4.98 Å². The number of aromatic nitrogens is 1. The molecule has 0 unspecified atom stereocenters. The highest BCUT2D eigenvalue weighted by molar-refractivity contribution is 6.58. The average molecular weight is 185 g/mol. The summed E-state index contributed by atoms with van der Waals surface area (Å²) in [6.45, 7) is 0. The van der Waals surface area contributed by atoms with E-state index in [4.69, 9.17) is 25.1 Å². The van der Waals surface area contributed by atoms with Gasteiger partial charge in [-0.3, -0.25) is 4.98 Å². The van der Waals surface area contributed by atoms with E-state index in [9.17, 15) is 0 Å². The summed E-state index contributed by atoms with van der Waals surface area (Å²) in [4.78, 5) is 3.69. The second kappa shape index (κ2) is 6.58. The van der Waals surface area contributed by atoms with Crippen LogP contribution in [-0.2, 0) is 0 Å². The van der Waals surface area contributed by atoms with Gasteiger partial charge >= 0.3 is 14.4 Å². The van der Waals surface area contributed by atoms with E-state index < -0.39 is 14.4 Å². The van der Waals surface area contributed by atoms with Crippen molar-refractivity contribution in [2.75, 3.05) is 0 Å². The summed E-state index contributed by atoms with van der Waals surface area (Å²) in [6, 6.07) is 3.24. The third-order valence-corrected chi connectivity index (χ3v) is 0.983. The van der Waals surface area contributed by atoms with Gasteiger partial charge in [-0.15, -0.1) is 0 Å². The quantitative estimate of drug-likeness (QED) is 0.293. The highest BCUT2D eigenvalue weighted by Crippen LogP contribution is 1.77. The second-order valence-electron chi connectivity index (χ2n) is 2.01. The van der Waals surface area contributed by atoms with Crippen molar-refractivity contribution in [3.8, 4) is 0 Å². The highest BCUT2D eigenvalue weighted by Gasteiger charge is 2.08. The van der Waals surface area contributed by atoms with E-state index in [1.807, 2.05) is 0 Å². The van der Waals surface area contributed by atoms with Crippen LogP contribution in [0.2, 0.25) is 0 Å². The molecule has 0 bridgehead atoms. The summed E-state index contributed by atoms with van der Waals surface area (Å²) in [5, 5.41) is 38.6. The van der Waals surface area contributed by atoms with Crippen LogP contribution in [0.25, 0.3) is 0 Å². The predicted molar refractivity (Wildman–Crippen MR) is 46.5 cm³/mol. The molecule has 0 aliphatic carbocycles. The van der Waals surface area contributed by atoms with Gasteiger partial charge in [0.05, 0.1) is 0 Å². The van der Waals surface area contributed by atoms with Crippen molar-refractivity contribution < 1.29 is 25.1 Å². The molecule has 8 heteroatoms. The van der Waals surface area contributed by atoms with E-state index in [1.165, 1.54) is 6.20 Å². The summed E-state index contributed by atoms with van der Waals surface area (Å²) >= 11 is 0. The Kier molecular flexibility index (Phi) is 6.11. The SMILES string of the molecule is OB(O)O.OB(O)c1cccnc1. The normalized spacial score (nSPS) is 8.38. The molecule has 0 spiro atoms. The third-order valence-electron chi connectivity index (χ3n) is 0.983. The van der Waals surface area contributed by atoms with Crippen LogP contribution in [0.4, 0.5) is 0 Å². The van der Waals surface area contributed by atoms with Crippen LogP contribution in [0, 0.1) is 0 Å². The molecule has 0 saturated heterocycles. The number of pyridine rings is 1. The van der Waals surface area contributed by atoms with E-state index in [2.05, 4.69) is 4.98 Å². The van der Waals surface area contributed by atoms with Crippen LogP contribution < -0.4 is 5.46 Å². The van der Waals surface area contributed by atoms with Gasteiger partial charge in [0.2, 0.25) is 0 Å². The first-order valence-electron chi connectivity index (χ1n) is 3.34. The fraction of sp³-hybridized carbons (Fsp3) is 0. The van der Waals surface area contributed by atoms with Crippen molar-refractivity contribution >= 4 is 19.9 Å². The van der Waals surface area contributed by atoms with E-state index in [0.29, 0.717) is 5.46 Å². The molecule has 0 atom stereocenters. The molecule has 0 aliphatic rings. The minimum absolute atomic E-state index is 0.414. The van der Waals surface area contributed by atoms with Gasteiger partial charge in [-0.05, 0) is 6.07 Å². The monoisotopic (exact) mass is 185 g/mol. The lowest BCUT2D eigenvalue weighted by atomic mass is 9.82. The maximum atomic E-state index is 8.54. The van der Waals surface area contributed by atoms with Crippen molar-refractivity contribution in [3.63, 3.8) is 0 Å². The van der Waals surface area contributed by atoms with Crippen molar-refractivity contribution in [1.29, 1.82) is 0 Å². The molecule has 0 aliphatic heterocycles. The van der Waals surface area contributed by atoms with E-state index in [1.54, 1.807) is 18.3 Å². The first-order valence-corrected chi connectivity index (χ1v) is 3.34. The topological polar surface area (TPSA) is 114 Å². The van der Waals surface area contributed by atoms with Gasteiger partial charge in [0.1, 0.15) is 0 Å². The van der Waals surface area contributed by atoms with Gasteiger partial charge in [0.25, 0.3) is 0 Å². The second-order valence-corrected chi connectivity index (χ2v) is 2.01. The molecule has 0 saturated carbocycles.